The monoisotopic (exact) mass is 549 g/mol. The third kappa shape index (κ3) is 5.80. The predicted molar refractivity (Wildman–Crippen MR) is 140 cm³/mol. The Morgan fingerprint density at radius 2 is 1.90 bits per heavy atom. The summed E-state index contributed by atoms with van der Waals surface area (Å²) in [6.07, 6.45) is -1.29. The molecule has 1 aromatic carbocycles. The molecule has 10 nitrogen and oxygen atoms in total. The van der Waals surface area contributed by atoms with Gasteiger partial charge >= 0.3 is 6.18 Å². The summed E-state index contributed by atoms with van der Waals surface area (Å²) < 4.78 is 44.9. The molecule has 1 aliphatic rings. The van der Waals surface area contributed by atoms with Gasteiger partial charge in [0.1, 0.15) is 22.7 Å². The summed E-state index contributed by atoms with van der Waals surface area (Å²) in [5, 5.41) is 13.5. The number of aromatic amines is 1. The molecule has 1 saturated heterocycles. The minimum absolute atomic E-state index is 0.0359. The molecule has 2 amide bonds. The van der Waals surface area contributed by atoms with Gasteiger partial charge in [0.2, 0.25) is 0 Å². The molecule has 0 aliphatic carbocycles. The van der Waals surface area contributed by atoms with E-state index < -0.39 is 17.6 Å². The first-order valence-corrected chi connectivity index (χ1v) is 12.1. The lowest BCUT2D eigenvalue weighted by Crippen LogP contribution is -2.30. The van der Waals surface area contributed by atoms with Crippen LogP contribution < -0.4 is 15.4 Å². The molecule has 1 aliphatic heterocycles. The maximum atomic E-state index is 12.9. The van der Waals surface area contributed by atoms with Gasteiger partial charge in [-0.25, -0.2) is 9.97 Å². The third-order valence-corrected chi connectivity index (χ3v) is 6.14. The summed E-state index contributed by atoms with van der Waals surface area (Å²) in [5.41, 5.74) is -0.222. The van der Waals surface area contributed by atoms with Crippen LogP contribution in [0.5, 0.6) is 11.5 Å². The number of amides is 2. The molecular formula is C27H22F3N7O3. The highest BCUT2D eigenvalue weighted by atomic mass is 19.4. The molecule has 13 heteroatoms. The van der Waals surface area contributed by atoms with Crippen molar-refractivity contribution in [2.45, 2.75) is 25.6 Å². The fourth-order valence-corrected chi connectivity index (χ4v) is 4.22. The molecule has 0 spiro atoms. The van der Waals surface area contributed by atoms with Gasteiger partial charge < -0.3 is 20.3 Å². The average Bonchev–Trinajstić information content (AvgIpc) is 3.57. The molecule has 1 fully saturated rings. The number of alkyl halides is 3. The fourth-order valence-electron chi connectivity index (χ4n) is 4.22. The number of nitrogens with zero attached hydrogens (tertiary/aromatic N) is 4. The van der Waals surface area contributed by atoms with Gasteiger partial charge in [-0.05, 0) is 55.7 Å². The van der Waals surface area contributed by atoms with Gasteiger partial charge in [-0.2, -0.15) is 18.3 Å². The lowest BCUT2D eigenvalue weighted by atomic mass is 10.2. The highest BCUT2D eigenvalue weighted by molar-refractivity contribution is 6.03. The number of nitrogens with one attached hydrogen (secondary N) is 3. The number of benzene rings is 1. The number of anilines is 2. The number of ether oxygens (including phenoxy) is 1. The molecule has 3 N–H and O–H groups in total. The van der Waals surface area contributed by atoms with Gasteiger partial charge in [-0.1, -0.05) is 5.92 Å². The molecule has 0 saturated carbocycles. The van der Waals surface area contributed by atoms with E-state index in [1.807, 2.05) is 0 Å². The number of rotatable bonds is 6. The minimum atomic E-state index is -4.55. The normalized spacial score (nSPS) is 14.9. The van der Waals surface area contributed by atoms with E-state index in [2.05, 4.69) is 42.6 Å². The van der Waals surface area contributed by atoms with Gasteiger partial charge in [-0.3, -0.25) is 14.7 Å². The smallest absolute Gasteiger partial charge is 0.416 e. The van der Waals surface area contributed by atoms with Crippen LogP contribution in [-0.4, -0.2) is 56.0 Å². The molecule has 5 rings (SSSR count). The van der Waals surface area contributed by atoms with Crippen molar-refractivity contribution in [1.82, 2.24) is 25.1 Å². The maximum Gasteiger partial charge on any atom is 0.416 e. The summed E-state index contributed by atoms with van der Waals surface area (Å²) in [6, 6.07) is 9.30. The predicted octanol–water partition coefficient (Wildman–Crippen LogP) is 4.45. The number of pyridine rings is 2. The Kier molecular flexibility index (Phi) is 7.24. The molecule has 204 valence electrons. The number of hydrogen-bond acceptors (Lipinski definition) is 7. The number of H-pyrrole nitrogens is 1. The zero-order valence-corrected chi connectivity index (χ0v) is 21.0. The Bertz CT molecular complexity index is 1620. The SMILES string of the molecule is CC#CC(=O)N1CC[C@@H](Nc2n[nH]c3nccc(Oc4ccc(C(=O)Nc5cc(C(F)(F)F)ccn5)cc4)c23)C1. The number of carbonyl (C=O) groups is 2. The van der Waals surface area contributed by atoms with E-state index in [1.165, 1.54) is 12.1 Å². The lowest BCUT2D eigenvalue weighted by Gasteiger charge is -2.15. The molecule has 4 aromatic rings. The summed E-state index contributed by atoms with van der Waals surface area (Å²) >= 11 is 0. The molecule has 0 unspecified atom stereocenters. The second-order valence-corrected chi connectivity index (χ2v) is 8.87. The first-order valence-electron chi connectivity index (χ1n) is 12.1. The Labute approximate surface area is 225 Å². The van der Waals surface area contributed by atoms with Crippen LogP contribution in [0.4, 0.5) is 24.8 Å². The van der Waals surface area contributed by atoms with Crippen molar-refractivity contribution in [2.75, 3.05) is 23.7 Å². The van der Waals surface area contributed by atoms with Crippen LogP contribution in [0.1, 0.15) is 29.3 Å². The van der Waals surface area contributed by atoms with E-state index in [0.29, 0.717) is 41.4 Å². The molecule has 0 bridgehead atoms. The van der Waals surface area contributed by atoms with Gasteiger partial charge in [0, 0.05) is 43.2 Å². The van der Waals surface area contributed by atoms with Crippen molar-refractivity contribution in [3.05, 3.63) is 66.0 Å². The second-order valence-electron chi connectivity index (χ2n) is 8.87. The number of likely N-dealkylation sites (tertiary alicyclic amines) is 1. The van der Waals surface area contributed by atoms with E-state index in [0.717, 1.165) is 24.8 Å². The van der Waals surface area contributed by atoms with Gasteiger partial charge in [0.15, 0.2) is 11.5 Å². The molecule has 3 aromatic heterocycles. The molecule has 1 atom stereocenters. The largest absolute Gasteiger partial charge is 0.456 e. The Hall–Kier alpha value is -5.12. The topological polar surface area (TPSA) is 125 Å². The van der Waals surface area contributed by atoms with Gasteiger partial charge in [0.25, 0.3) is 11.8 Å². The molecule has 0 radical (unpaired) electrons. The number of halogens is 3. The Morgan fingerprint density at radius 1 is 1.12 bits per heavy atom. The first kappa shape index (κ1) is 26.5. The van der Waals surface area contributed by atoms with Crippen LogP contribution in [0.15, 0.2) is 54.9 Å². The van der Waals surface area contributed by atoms with Crippen molar-refractivity contribution < 1.29 is 27.5 Å². The Balaban J connectivity index is 1.28. The number of hydrogen-bond donors (Lipinski definition) is 3. The van der Waals surface area contributed by atoms with Crippen molar-refractivity contribution in [3.8, 4) is 23.3 Å². The van der Waals surface area contributed by atoms with E-state index in [1.54, 1.807) is 36.2 Å². The van der Waals surface area contributed by atoms with Crippen LogP contribution in [0.25, 0.3) is 11.0 Å². The van der Waals surface area contributed by atoms with Gasteiger partial charge in [0.05, 0.1) is 5.56 Å². The quantitative estimate of drug-likeness (QED) is 0.304. The van der Waals surface area contributed by atoms with Crippen LogP contribution in [-0.2, 0) is 11.0 Å². The minimum Gasteiger partial charge on any atom is -0.456 e. The molecule has 40 heavy (non-hydrogen) atoms. The summed E-state index contributed by atoms with van der Waals surface area (Å²) in [4.78, 5) is 34.4. The number of fused-ring (bicyclic) bond motifs is 1. The average molecular weight is 550 g/mol. The van der Waals surface area contributed by atoms with E-state index >= 15 is 0 Å². The summed E-state index contributed by atoms with van der Waals surface area (Å²) in [7, 11) is 0. The lowest BCUT2D eigenvalue weighted by molar-refractivity contribution is -0.137. The van der Waals surface area contributed by atoms with E-state index in [-0.39, 0.29) is 23.3 Å². The fraction of sp³-hybridized carbons (Fsp3) is 0.222. The number of aromatic nitrogens is 4. The zero-order chi connectivity index (χ0) is 28.3. The molecular weight excluding hydrogens is 527 g/mol. The number of carbonyl (C=O) groups excluding carboxylic acids is 2. The second kappa shape index (κ2) is 10.9. The van der Waals surface area contributed by atoms with Crippen molar-refractivity contribution >= 4 is 34.5 Å². The Morgan fingerprint density at radius 3 is 2.65 bits per heavy atom. The highest BCUT2D eigenvalue weighted by Crippen LogP contribution is 2.34. The van der Waals surface area contributed by atoms with Crippen LogP contribution in [0.2, 0.25) is 0 Å². The van der Waals surface area contributed by atoms with Crippen LogP contribution >= 0.6 is 0 Å². The van der Waals surface area contributed by atoms with Gasteiger partial charge in [-0.15, -0.1) is 0 Å². The third-order valence-electron chi connectivity index (χ3n) is 6.14. The van der Waals surface area contributed by atoms with E-state index in [4.69, 9.17) is 4.74 Å². The molecule has 4 heterocycles. The maximum absolute atomic E-state index is 12.9. The van der Waals surface area contributed by atoms with Crippen molar-refractivity contribution in [2.24, 2.45) is 0 Å². The van der Waals surface area contributed by atoms with Crippen LogP contribution in [0, 0.1) is 11.8 Å². The zero-order valence-electron chi connectivity index (χ0n) is 21.0. The van der Waals surface area contributed by atoms with E-state index in [9.17, 15) is 22.8 Å². The van der Waals surface area contributed by atoms with Crippen molar-refractivity contribution in [3.63, 3.8) is 0 Å². The standard InChI is InChI=1S/C27H22F3N7O3/c1-2-3-22(38)37-13-10-18(15-37)33-25-23-20(9-12-32-24(23)35-36-25)40-19-6-4-16(5-7-19)26(39)34-21-14-17(8-11-31-21)27(28,29)30/h4-9,11-12,14,18H,10,13,15H2,1H3,(H,31,34,39)(H2,32,33,35,36)/t18-/m1/s1. The highest BCUT2D eigenvalue weighted by Gasteiger charge is 2.31. The van der Waals surface area contributed by atoms with Crippen molar-refractivity contribution in [1.29, 1.82) is 0 Å². The summed E-state index contributed by atoms with van der Waals surface area (Å²) in [6.45, 7) is 2.69. The first-order chi connectivity index (χ1) is 19.2. The summed E-state index contributed by atoms with van der Waals surface area (Å²) in [5.74, 6) is 5.49. The van der Waals surface area contributed by atoms with Crippen LogP contribution in [0.3, 0.4) is 0 Å².